The maximum atomic E-state index is 12.4. The predicted octanol–water partition coefficient (Wildman–Crippen LogP) is 2.95. The van der Waals surface area contributed by atoms with Gasteiger partial charge in [0.15, 0.2) is 0 Å². The fourth-order valence-corrected chi connectivity index (χ4v) is 2.21. The van der Waals surface area contributed by atoms with Crippen LogP contribution in [0.1, 0.15) is 16.1 Å². The Kier molecular flexibility index (Phi) is 5.33. The zero-order chi connectivity index (χ0) is 18.4. The zero-order valence-corrected chi connectivity index (χ0v) is 14.4. The normalized spacial score (nSPS) is 10.2. The summed E-state index contributed by atoms with van der Waals surface area (Å²) in [6.07, 6.45) is 4.49. The van der Waals surface area contributed by atoms with Crippen molar-refractivity contribution in [2.45, 2.75) is 6.54 Å². The monoisotopic (exact) mass is 354 g/mol. The standard InChI is InChI=1S/C18H18N4O4/c1-24-13-5-6-15(16(8-13)25-2)22-17(23)12-9-19-18(20-10-12)21-11-14-4-3-7-26-14/h3-10H,11H2,1-2H3,(H,22,23)(H,19,20,21). The third-order valence-corrected chi connectivity index (χ3v) is 3.57. The zero-order valence-electron chi connectivity index (χ0n) is 14.4. The van der Waals surface area contributed by atoms with Crippen molar-refractivity contribution in [2.75, 3.05) is 24.9 Å². The molecule has 0 aliphatic carbocycles. The molecular weight excluding hydrogens is 336 g/mol. The number of rotatable bonds is 7. The number of carbonyl (C=O) groups excluding carboxylic acids is 1. The van der Waals surface area contributed by atoms with Crippen molar-refractivity contribution >= 4 is 17.5 Å². The summed E-state index contributed by atoms with van der Waals surface area (Å²) in [7, 11) is 3.08. The van der Waals surface area contributed by atoms with E-state index in [-0.39, 0.29) is 5.91 Å². The van der Waals surface area contributed by atoms with E-state index in [0.717, 1.165) is 5.76 Å². The molecule has 0 bridgehead atoms. The summed E-state index contributed by atoms with van der Waals surface area (Å²) in [6.45, 7) is 0.460. The number of carbonyl (C=O) groups is 1. The Hall–Kier alpha value is -3.55. The van der Waals surface area contributed by atoms with Crippen LogP contribution >= 0.6 is 0 Å². The quantitative estimate of drug-likeness (QED) is 0.673. The van der Waals surface area contributed by atoms with E-state index in [0.29, 0.717) is 35.2 Å². The van der Waals surface area contributed by atoms with Crippen LogP contribution < -0.4 is 20.1 Å². The van der Waals surface area contributed by atoms with Gasteiger partial charge in [-0.1, -0.05) is 0 Å². The second-order valence-corrected chi connectivity index (χ2v) is 5.25. The lowest BCUT2D eigenvalue weighted by Gasteiger charge is -2.11. The second-order valence-electron chi connectivity index (χ2n) is 5.25. The first kappa shape index (κ1) is 17.3. The minimum absolute atomic E-state index is 0.325. The molecule has 134 valence electrons. The number of nitrogens with one attached hydrogen (secondary N) is 2. The highest BCUT2D eigenvalue weighted by Crippen LogP contribution is 2.29. The maximum Gasteiger partial charge on any atom is 0.258 e. The number of methoxy groups -OCH3 is 2. The van der Waals surface area contributed by atoms with Gasteiger partial charge in [-0.2, -0.15) is 0 Å². The number of nitrogens with zero attached hydrogens (tertiary/aromatic N) is 2. The van der Waals surface area contributed by atoms with Gasteiger partial charge < -0.3 is 24.5 Å². The van der Waals surface area contributed by atoms with Gasteiger partial charge in [0.25, 0.3) is 5.91 Å². The molecule has 8 nitrogen and oxygen atoms in total. The summed E-state index contributed by atoms with van der Waals surface area (Å²) >= 11 is 0. The van der Waals surface area contributed by atoms with Crippen LogP contribution in [0.2, 0.25) is 0 Å². The summed E-state index contributed by atoms with van der Waals surface area (Å²) in [4.78, 5) is 20.6. The first-order chi connectivity index (χ1) is 12.7. The molecule has 3 aromatic rings. The molecule has 0 aliphatic rings. The van der Waals surface area contributed by atoms with Crippen molar-refractivity contribution in [2.24, 2.45) is 0 Å². The Bertz CT molecular complexity index is 863. The summed E-state index contributed by atoms with van der Waals surface area (Å²) < 4.78 is 15.6. The number of ether oxygens (including phenoxy) is 2. The van der Waals surface area contributed by atoms with Crippen LogP contribution in [-0.4, -0.2) is 30.1 Å². The van der Waals surface area contributed by atoms with Crippen molar-refractivity contribution in [3.05, 3.63) is 60.3 Å². The summed E-state index contributed by atoms with van der Waals surface area (Å²) in [5, 5.41) is 5.78. The minimum atomic E-state index is -0.342. The van der Waals surface area contributed by atoms with Crippen molar-refractivity contribution in [1.29, 1.82) is 0 Å². The van der Waals surface area contributed by atoms with Crippen LogP contribution in [0.15, 0.2) is 53.4 Å². The molecule has 2 N–H and O–H groups in total. The molecule has 0 aliphatic heterocycles. The van der Waals surface area contributed by atoms with Gasteiger partial charge in [0, 0.05) is 18.5 Å². The first-order valence-corrected chi connectivity index (χ1v) is 7.81. The molecule has 0 radical (unpaired) electrons. The molecular formula is C18H18N4O4. The Morgan fingerprint density at radius 2 is 1.96 bits per heavy atom. The van der Waals surface area contributed by atoms with Crippen LogP contribution in [0.4, 0.5) is 11.6 Å². The SMILES string of the molecule is COc1ccc(NC(=O)c2cnc(NCc3ccco3)nc2)c(OC)c1. The number of amides is 1. The van der Waals surface area contributed by atoms with Crippen LogP contribution in [0, 0.1) is 0 Å². The fourth-order valence-electron chi connectivity index (χ4n) is 2.21. The number of anilines is 2. The summed E-state index contributed by atoms with van der Waals surface area (Å²) in [5.74, 6) is 1.96. The Morgan fingerprint density at radius 1 is 1.15 bits per heavy atom. The molecule has 8 heteroatoms. The number of hydrogen-bond acceptors (Lipinski definition) is 7. The highest BCUT2D eigenvalue weighted by atomic mass is 16.5. The number of benzene rings is 1. The van der Waals surface area contributed by atoms with Gasteiger partial charge in [0.05, 0.1) is 38.3 Å². The lowest BCUT2D eigenvalue weighted by atomic mass is 10.2. The van der Waals surface area contributed by atoms with Crippen LogP contribution in [-0.2, 0) is 6.54 Å². The van der Waals surface area contributed by atoms with Crippen molar-refractivity contribution < 1.29 is 18.7 Å². The Labute approximate surface area is 150 Å². The van der Waals surface area contributed by atoms with E-state index in [1.807, 2.05) is 6.07 Å². The van der Waals surface area contributed by atoms with E-state index in [9.17, 15) is 4.79 Å². The lowest BCUT2D eigenvalue weighted by molar-refractivity contribution is 0.102. The molecule has 0 fully saturated rings. The van der Waals surface area contributed by atoms with Crippen molar-refractivity contribution in [1.82, 2.24) is 9.97 Å². The average Bonchev–Trinajstić information content (AvgIpc) is 3.20. The average molecular weight is 354 g/mol. The van der Waals surface area contributed by atoms with Crippen LogP contribution in [0.5, 0.6) is 11.5 Å². The highest BCUT2D eigenvalue weighted by Gasteiger charge is 2.12. The van der Waals surface area contributed by atoms with Gasteiger partial charge >= 0.3 is 0 Å². The summed E-state index contributed by atoms with van der Waals surface area (Å²) in [6, 6.07) is 8.77. The molecule has 0 saturated heterocycles. The molecule has 0 atom stereocenters. The van der Waals surface area contributed by atoms with E-state index in [2.05, 4.69) is 20.6 Å². The molecule has 2 heterocycles. The van der Waals surface area contributed by atoms with E-state index in [4.69, 9.17) is 13.9 Å². The molecule has 3 rings (SSSR count). The van der Waals surface area contributed by atoms with E-state index < -0.39 is 0 Å². The van der Waals surface area contributed by atoms with Gasteiger partial charge in [-0.05, 0) is 24.3 Å². The fraction of sp³-hybridized carbons (Fsp3) is 0.167. The highest BCUT2D eigenvalue weighted by molar-refractivity contribution is 6.04. The van der Waals surface area contributed by atoms with Gasteiger partial charge in [0.1, 0.15) is 17.3 Å². The Balaban J connectivity index is 1.64. The van der Waals surface area contributed by atoms with Crippen molar-refractivity contribution in [3.8, 4) is 11.5 Å². The smallest absolute Gasteiger partial charge is 0.258 e. The molecule has 0 spiro atoms. The lowest BCUT2D eigenvalue weighted by Crippen LogP contribution is -2.14. The second kappa shape index (κ2) is 8.02. The molecule has 2 aromatic heterocycles. The minimum Gasteiger partial charge on any atom is -0.497 e. The molecule has 26 heavy (non-hydrogen) atoms. The van der Waals surface area contributed by atoms with Gasteiger partial charge in [-0.15, -0.1) is 0 Å². The van der Waals surface area contributed by atoms with Crippen LogP contribution in [0.25, 0.3) is 0 Å². The maximum absolute atomic E-state index is 12.4. The van der Waals surface area contributed by atoms with Gasteiger partial charge in [-0.3, -0.25) is 4.79 Å². The molecule has 0 unspecified atom stereocenters. The number of hydrogen-bond donors (Lipinski definition) is 2. The number of furan rings is 1. The topological polar surface area (TPSA) is 98.5 Å². The first-order valence-electron chi connectivity index (χ1n) is 7.81. The largest absolute Gasteiger partial charge is 0.497 e. The summed E-state index contributed by atoms with van der Waals surface area (Å²) in [5.41, 5.74) is 0.852. The third-order valence-electron chi connectivity index (χ3n) is 3.57. The van der Waals surface area contributed by atoms with E-state index in [1.54, 1.807) is 37.6 Å². The third kappa shape index (κ3) is 4.10. The van der Waals surface area contributed by atoms with Gasteiger partial charge in [0.2, 0.25) is 5.95 Å². The van der Waals surface area contributed by atoms with E-state index in [1.165, 1.54) is 19.5 Å². The molecule has 1 amide bonds. The van der Waals surface area contributed by atoms with Gasteiger partial charge in [-0.25, -0.2) is 9.97 Å². The Morgan fingerprint density at radius 3 is 2.62 bits per heavy atom. The number of aromatic nitrogens is 2. The van der Waals surface area contributed by atoms with Crippen molar-refractivity contribution in [3.63, 3.8) is 0 Å². The predicted molar refractivity (Wildman–Crippen MR) is 95.6 cm³/mol. The molecule has 0 saturated carbocycles. The molecule has 1 aromatic carbocycles. The van der Waals surface area contributed by atoms with Crippen LogP contribution in [0.3, 0.4) is 0 Å². The van der Waals surface area contributed by atoms with E-state index >= 15 is 0 Å².